The predicted octanol–water partition coefficient (Wildman–Crippen LogP) is 3.49. The SMILES string of the molecule is COc1ccc(C(CNC(=O)C2C3CC4CC(C3)CC2C4)N(C)C)cc1. The van der Waals surface area contributed by atoms with Crippen molar-refractivity contribution in [2.75, 3.05) is 27.7 Å². The highest BCUT2D eigenvalue weighted by atomic mass is 16.5. The number of rotatable bonds is 6. The van der Waals surface area contributed by atoms with Gasteiger partial charge in [-0.05, 0) is 87.6 Å². The van der Waals surface area contributed by atoms with Crippen molar-refractivity contribution in [3.8, 4) is 5.75 Å². The number of carbonyl (C=O) groups excluding carboxylic acids is 1. The summed E-state index contributed by atoms with van der Waals surface area (Å²) < 4.78 is 5.26. The van der Waals surface area contributed by atoms with Crippen LogP contribution in [0.5, 0.6) is 5.75 Å². The summed E-state index contributed by atoms with van der Waals surface area (Å²) in [5, 5.41) is 3.31. The van der Waals surface area contributed by atoms with Crippen molar-refractivity contribution in [1.29, 1.82) is 0 Å². The van der Waals surface area contributed by atoms with Gasteiger partial charge in [0.2, 0.25) is 5.91 Å². The van der Waals surface area contributed by atoms with Crippen LogP contribution in [0, 0.1) is 29.6 Å². The monoisotopic (exact) mass is 356 g/mol. The second-order valence-electron chi connectivity index (χ2n) is 8.95. The maximum absolute atomic E-state index is 13.0. The average Bonchev–Trinajstić information content (AvgIpc) is 2.61. The first-order chi connectivity index (χ1) is 12.5. The minimum Gasteiger partial charge on any atom is -0.497 e. The molecule has 4 aliphatic carbocycles. The van der Waals surface area contributed by atoms with Crippen LogP contribution < -0.4 is 10.1 Å². The van der Waals surface area contributed by atoms with E-state index in [-0.39, 0.29) is 12.0 Å². The standard InChI is InChI=1S/C22H32N2O2/c1-24(2)20(16-4-6-19(26-3)7-5-16)13-23-22(25)21-17-9-14-8-15(11-17)12-18(21)10-14/h4-7,14-15,17-18,20-21H,8-13H2,1-3H3,(H,23,25). The van der Waals surface area contributed by atoms with Gasteiger partial charge in [0.1, 0.15) is 5.75 Å². The number of hydrogen-bond acceptors (Lipinski definition) is 3. The molecule has 4 aliphatic rings. The van der Waals surface area contributed by atoms with Crippen LogP contribution in [0.15, 0.2) is 24.3 Å². The molecule has 5 rings (SSSR count). The number of amides is 1. The van der Waals surface area contributed by atoms with E-state index in [0.717, 1.165) is 17.6 Å². The summed E-state index contributed by atoms with van der Waals surface area (Å²) in [5.74, 6) is 4.55. The molecule has 1 N–H and O–H groups in total. The summed E-state index contributed by atoms with van der Waals surface area (Å²) in [7, 11) is 5.83. The molecule has 4 bridgehead atoms. The summed E-state index contributed by atoms with van der Waals surface area (Å²) in [6.07, 6.45) is 6.60. The highest BCUT2D eigenvalue weighted by molar-refractivity contribution is 5.79. The highest BCUT2D eigenvalue weighted by Crippen LogP contribution is 2.56. The van der Waals surface area contributed by atoms with Gasteiger partial charge >= 0.3 is 0 Å². The number of nitrogens with one attached hydrogen (secondary N) is 1. The van der Waals surface area contributed by atoms with Crippen molar-refractivity contribution in [3.63, 3.8) is 0 Å². The molecule has 4 fully saturated rings. The fourth-order valence-corrected chi connectivity index (χ4v) is 6.09. The van der Waals surface area contributed by atoms with Crippen molar-refractivity contribution in [3.05, 3.63) is 29.8 Å². The topological polar surface area (TPSA) is 41.6 Å². The number of nitrogens with zero attached hydrogens (tertiary/aromatic N) is 1. The van der Waals surface area contributed by atoms with E-state index in [2.05, 4.69) is 36.4 Å². The second kappa shape index (κ2) is 7.22. The number of carbonyl (C=O) groups is 1. The normalized spacial score (nSPS) is 33.3. The number of likely N-dealkylation sites (N-methyl/N-ethyl adjacent to an activating group) is 1. The van der Waals surface area contributed by atoms with Gasteiger partial charge in [-0.3, -0.25) is 4.79 Å². The second-order valence-corrected chi connectivity index (χ2v) is 8.95. The maximum Gasteiger partial charge on any atom is 0.223 e. The summed E-state index contributed by atoms with van der Waals surface area (Å²) >= 11 is 0. The highest BCUT2D eigenvalue weighted by Gasteiger charge is 2.50. The molecule has 1 atom stereocenters. The zero-order chi connectivity index (χ0) is 18.3. The smallest absolute Gasteiger partial charge is 0.223 e. The number of benzene rings is 1. The Morgan fingerprint density at radius 2 is 1.65 bits per heavy atom. The van der Waals surface area contributed by atoms with E-state index in [1.165, 1.54) is 37.7 Å². The summed E-state index contributed by atoms with van der Waals surface area (Å²) in [4.78, 5) is 15.2. The fourth-order valence-electron chi connectivity index (χ4n) is 6.09. The molecule has 0 aliphatic heterocycles. The number of methoxy groups -OCH3 is 1. The Morgan fingerprint density at radius 1 is 1.08 bits per heavy atom. The van der Waals surface area contributed by atoms with E-state index in [1.807, 2.05) is 12.1 Å². The third-order valence-corrected chi connectivity index (χ3v) is 7.12. The van der Waals surface area contributed by atoms with Crippen LogP contribution in [0.2, 0.25) is 0 Å². The van der Waals surface area contributed by atoms with Gasteiger partial charge in [0, 0.05) is 12.5 Å². The van der Waals surface area contributed by atoms with Gasteiger partial charge < -0.3 is 15.0 Å². The molecule has 0 saturated heterocycles. The van der Waals surface area contributed by atoms with Crippen molar-refractivity contribution >= 4 is 5.91 Å². The van der Waals surface area contributed by atoms with E-state index in [0.29, 0.717) is 24.3 Å². The predicted molar refractivity (Wildman–Crippen MR) is 103 cm³/mol. The van der Waals surface area contributed by atoms with Gasteiger partial charge in [-0.15, -0.1) is 0 Å². The Labute approximate surface area is 157 Å². The van der Waals surface area contributed by atoms with Crippen molar-refractivity contribution in [1.82, 2.24) is 10.2 Å². The molecule has 142 valence electrons. The van der Waals surface area contributed by atoms with Gasteiger partial charge in [-0.25, -0.2) is 0 Å². The number of ether oxygens (including phenoxy) is 1. The maximum atomic E-state index is 13.0. The largest absolute Gasteiger partial charge is 0.497 e. The lowest BCUT2D eigenvalue weighted by atomic mass is 9.51. The molecule has 4 nitrogen and oxygen atoms in total. The van der Waals surface area contributed by atoms with Crippen LogP contribution in [-0.4, -0.2) is 38.6 Å². The summed E-state index contributed by atoms with van der Waals surface area (Å²) in [5.41, 5.74) is 1.21. The third-order valence-electron chi connectivity index (χ3n) is 7.12. The molecule has 1 unspecified atom stereocenters. The molecule has 4 saturated carbocycles. The molecular formula is C22H32N2O2. The van der Waals surface area contributed by atoms with Gasteiger partial charge in [0.25, 0.3) is 0 Å². The lowest BCUT2D eigenvalue weighted by Crippen LogP contribution is -2.51. The lowest BCUT2D eigenvalue weighted by Gasteiger charge is -2.53. The molecule has 0 aromatic heterocycles. The summed E-state index contributed by atoms with van der Waals surface area (Å²) in [6.45, 7) is 0.668. The molecule has 1 amide bonds. The van der Waals surface area contributed by atoms with Gasteiger partial charge in [-0.2, -0.15) is 0 Å². The quantitative estimate of drug-likeness (QED) is 0.848. The van der Waals surface area contributed by atoms with Gasteiger partial charge in [-0.1, -0.05) is 12.1 Å². The molecule has 1 aromatic carbocycles. The molecule has 0 spiro atoms. The van der Waals surface area contributed by atoms with Crippen molar-refractivity contribution < 1.29 is 9.53 Å². The van der Waals surface area contributed by atoms with Crippen LogP contribution in [0.3, 0.4) is 0 Å². The van der Waals surface area contributed by atoms with Gasteiger partial charge in [0.05, 0.1) is 13.2 Å². The van der Waals surface area contributed by atoms with Crippen molar-refractivity contribution in [2.24, 2.45) is 29.6 Å². The van der Waals surface area contributed by atoms with E-state index in [4.69, 9.17) is 4.74 Å². The minimum atomic E-state index is 0.182. The van der Waals surface area contributed by atoms with E-state index in [9.17, 15) is 4.79 Å². The van der Waals surface area contributed by atoms with Crippen LogP contribution in [0.4, 0.5) is 0 Å². The number of hydrogen-bond donors (Lipinski definition) is 1. The molecule has 0 radical (unpaired) electrons. The van der Waals surface area contributed by atoms with E-state index < -0.39 is 0 Å². The Balaban J connectivity index is 1.40. The Morgan fingerprint density at radius 3 is 2.15 bits per heavy atom. The lowest BCUT2D eigenvalue weighted by molar-refractivity contribution is -0.138. The molecule has 26 heavy (non-hydrogen) atoms. The zero-order valence-corrected chi connectivity index (χ0v) is 16.3. The van der Waals surface area contributed by atoms with Crippen LogP contribution >= 0.6 is 0 Å². The first-order valence-corrected chi connectivity index (χ1v) is 10.1. The molecular weight excluding hydrogens is 324 g/mol. The van der Waals surface area contributed by atoms with E-state index >= 15 is 0 Å². The van der Waals surface area contributed by atoms with Crippen LogP contribution in [0.25, 0.3) is 0 Å². The summed E-state index contributed by atoms with van der Waals surface area (Å²) in [6, 6.07) is 8.36. The minimum absolute atomic E-state index is 0.182. The van der Waals surface area contributed by atoms with Gasteiger partial charge in [0.15, 0.2) is 0 Å². The molecule has 4 heteroatoms. The van der Waals surface area contributed by atoms with Crippen LogP contribution in [-0.2, 0) is 4.79 Å². The van der Waals surface area contributed by atoms with E-state index in [1.54, 1.807) is 7.11 Å². The van der Waals surface area contributed by atoms with Crippen molar-refractivity contribution in [2.45, 2.75) is 38.1 Å². The third kappa shape index (κ3) is 3.36. The first kappa shape index (κ1) is 17.8. The first-order valence-electron chi connectivity index (χ1n) is 10.1. The Bertz CT molecular complexity index is 612. The zero-order valence-electron chi connectivity index (χ0n) is 16.3. The Kier molecular flexibility index (Phi) is 4.96. The Hall–Kier alpha value is -1.55. The molecule has 0 heterocycles. The fraction of sp³-hybridized carbons (Fsp3) is 0.682. The average molecular weight is 357 g/mol. The molecule has 1 aromatic rings. The van der Waals surface area contributed by atoms with Crippen LogP contribution in [0.1, 0.15) is 43.7 Å².